The van der Waals surface area contributed by atoms with Crippen LogP contribution in [-0.2, 0) is 4.74 Å². The van der Waals surface area contributed by atoms with Gasteiger partial charge in [0.2, 0.25) is 0 Å². The van der Waals surface area contributed by atoms with Crippen LogP contribution >= 0.6 is 15.9 Å². The first-order valence-electron chi connectivity index (χ1n) is 6.37. The number of hydrogen-bond acceptors (Lipinski definition) is 5. The summed E-state index contributed by atoms with van der Waals surface area (Å²) in [5.74, 6) is 0.593. The van der Waals surface area contributed by atoms with E-state index in [-0.39, 0.29) is 22.9 Å². The number of ether oxygens (including phenoxy) is 1. The van der Waals surface area contributed by atoms with Gasteiger partial charge in [-0.3, -0.25) is 10.1 Å². The molecule has 1 aromatic rings. The molecule has 0 amide bonds. The summed E-state index contributed by atoms with van der Waals surface area (Å²) < 4.78 is 6.59. The van der Waals surface area contributed by atoms with Crippen molar-refractivity contribution in [2.24, 2.45) is 0 Å². The van der Waals surface area contributed by atoms with E-state index in [1.807, 2.05) is 13.8 Å². The number of anilines is 1. The lowest BCUT2D eigenvalue weighted by Crippen LogP contribution is -2.38. The number of nitro groups is 1. The van der Waals surface area contributed by atoms with E-state index in [0.717, 1.165) is 6.42 Å². The molecule has 1 aliphatic heterocycles. The van der Waals surface area contributed by atoms with Crippen LogP contribution in [0, 0.1) is 10.1 Å². The fourth-order valence-electron chi connectivity index (χ4n) is 2.59. The molecule has 6 nitrogen and oxygen atoms in total. The van der Waals surface area contributed by atoms with Crippen LogP contribution in [0.15, 0.2) is 16.7 Å². The third-order valence-electron chi connectivity index (χ3n) is 3.42. The number of aromatic nitrogens is 1. The van der Waals surface area contributed by atoms with Gasteiger partial charge in [0, 0.05) is 6.07 Å². The van der Waals surface area contributed by atoms with Gasteiger partial charge in [-0.15, -0.1) is 0 Å². The van der Waals surface area contributed by atoms with Crippen LogP contribution in [0.3, 0.4) is 0 Å². The lowest BCUT2D eigenvalue weighted by atomic mass is 9.94. The lowest BCUT2D eigenvalue weighted by Gasteiger charge is -2.28. The summed E-state index contributed by atoms with van der Waals surface area (Å²) in [5.41, 5.74) is -0.564. The average Bonchev–Trinajstić information content (AvgIpc) is 2.49. The van der Waals surface area contributed by atoms with E-state index in [4.69, 9.17) is 4.74 Å². The maximum absolute atomic E-state index is 10.7. The Balaban J connectivity index is 2.21. The molecule has 2 heterocycles. The molecular weight excluding hydrogens is 326 g/mol. The van der Waals surface area contributed by atoms with Crippen LogP contribution in [-0.4, -0.2) is 27.2 Å². The summed E-state index contributed by atoms with van der Waals surface area (Å²) >= 11 is 3.32. The molecular formula is C13H18BrN3O3. The molecule has 0 aromatic carbocycles. The number of halogens is 1. The summed E-state index contributed by atoms with van der Waals surface area (Å²) in [5, 5.41) is 14.0. The van der Waals surface area contributed by atoms with E-state index >= 15 is 0 Å². The molecule has 0 saturated carbocycles. The zero-order chi connectivity index (χ0) is 15.1. The Morgan fingerprint density at radius 1 is 1.50 bits per heavy atom. The number of rotatable bonds is 3. The Labute approximate surface area is 126 Å². The molecule has 1 unspecified atom stereocenters. The molecule has 0 spiro atoms. The fourth-order valence-corrected chi connectivity index (χ4v) is 3.04. The first kappa shape index (κ1) is 15.2. The predicted octanol–water partition coefficient (Wildman–Crippen LogP) is 3.51. The van der Waals surface area contributed by atoms with Gasteiger partial charge < -0.3 is 10.1 Å². The van der Waals surface area contributed by atoms with Crippen molar-refractivity contribution in [2.75, 3.05) is 5.32 Å². The summed E-state index contributed by atoms with van der Waals surface area (Å²) in [4.78, 5) is 14.4. The Hall–Kier alpha value is -1.21. The third-order valence-corrected chi connectivity index (χ3v) is 4.03. The molecule has 110 valence electrons. The van der Waals surface area contributed by atoms with Crippen LogP contribution < -0.4 is 5.32 Å². The van der Waals surface area contributed by atoms with Gasteiger partial charge in [0.25, 0.3) is 5.69 Å². The molecule has 1 fully saturated rings. The minimum Gasteiger partial charge on any atom is -0.367 e. The van der Waals surface area contributed by atoms with Gasteiger partial charge in [-0.2, -0.15) is 0 Å². The molecule has 0 bridgehead atoms. The smallest absolute Gasteiger partial charge is 0.288 e. The van der Waals surface area contributed by atoms with Crippen molar-refractivity contribution in [1.29, 1.82) is 0 Å². The molecule has 0 radical (unpaired) electrons. The fraction of sp³-hybridized carbons (Fsp3) is 0.615. The maximum Gasteiger partial charge on any atom is 0.288 e. The van der Waals surface area contributed by atoms with E-state index in [9.17, 15) is 10.1 Å². The summed E-state index contributed by atoms with van der Waals surface area (Å²) in [6, 6.07) is 1.53. The van der Waals surface area contributed by atoms with Crippen molar-refractivity contribution < 1.29 is 9.66 Å². The normalized spacial score (nSPS) is 23.6. The van der Waals surface area contributed by atoms with Crippen molar-refractivity contribution >= 4 is 27.4 Å². The Morgan fingerprint density at radius 3 is 2.60 bits per heavy atom. The number of nitrogens with zero attached hydrogens (tertiary/aromatic N) is 2. The van der Waals surface area contributed by atoms with Gasteiger partial charge in [0.15, 0.2) is 0 Å². The van der Waals surface area contributed by atoms with E-state index in [1.54, 1.807) is 0 Å². The van der Waals surface area contributed by atoms with Crippen molar-refractivity contribution in [1.82, 2.24) is 4.98 Å². The van der Waals surface area contributed by atoms with Gasteiger partial charge >= 0.3 is 0 Å². The summed E-state index contributed by atoms with van der Waals surface area (Å²) in [6.45, 7) is 8.15. The van der Waals surface area contributed by atoms with E-state index in [1.165, 1.54) is 12.3 Å². The van der Waals surface area contributed by atoms with Gasteiger partial charge in [-0.1, -0.05) is 0 Å². The zero-order valence-corrected chi connectivity index (χ0v) is 13.5. The predicted molar refractivity (Wildman–Crippen MR) is 79.9 cm³/mol. The third kappa shape index (κ3) is 3.09. The molecule has 1 aromatic heterocycles. The van der Waals surface area contributed by atoms with E-state index in [0.29, 0.717) is 10.3 Å². The summed E-state index contributed by atoms with van der Waals surface area (Å²) in [7, 11) is 0. The van der Waals surface area contributed by atoms with Crippen LogP contribution in [0.1, 0.15) is 34.1 Å². The van der Waals surface area contributed by atoms with Gasteiger partial charge in [-0.25, -0.2) is 4.98 Å². The molecule has 1 aliphatic rings. The van der Waals surface area contributed by atoms with Crippen LogP contribution in [0.25, 0.3) is 0 Å². The highest BCUT2D eigenvalue weighted by molar-refractivity contribution is 9.10. The van der Waals surface area contributed by atoms with E-state index in [2.05, 4.69) is 40.1 Å². The molecule has 1 N–H and O–H groups in total. The Kier molecular flexibility index (Phi) is 3.77. The molecule has 20 heavy (non-hydrogen) atoms. The molecule has 0 aliphatic carbocycles. The quantitative estimate of drug-likeness (QED) is 0.671. The minimum absolute atomic E-state index is 0.0373. The average molecular weight is 344 g/mol. The topological polar surface area (TPSA) is 77.3 Å². The van der Waals surface area contributed by atoms with Gasteiger partial charge in [0.1, 0.15) is 12.0 Å². The van der Waals surface area contributed by atoms with Crippen molar-refractivity contribution in [3.63, 3.8) is 0 Å². The first-order chi connectivity index (χ1) is 9.11. The second kappa shape index (κ2) is 4.96. The number of nitrogens with one attached hydrogen (secondary N) is 1. The minimum atomic E-state index is -0.465. The van der Waals surface area contributed by atoms with Crippen molar-refractivity contribution in [3.8, 4) is 0 Å². The standard InChI is InChI=1S/C13H18BrN3O3/c1-12(2)6-10(13(3,4)20-12)16-11-9(14)5-8(7-15-11)17(18)19/h5,7,10H,6H2,1-4H3,(H,15,16). The molecule has 2 rings (SSSR count). The second-order valence-corrected chi connectivity index (χ2v) is 7.00. The Morgan fingerprint density at radius 2 is 2.15 bits per heavy atom. The van der Waals surface area contributed by atoms with Gasteiger partial charge in [-0.05, 0) is 50.0 Å². The zero-order valence-electron chi connectivity index (χ0n) is 11.9. The van der Waals surface area contributed by atoms with Gasteiger partial charge in [0.05, 0.1) is 26.6 Å². The van der Waals surface area contributed by atoms with Crippen molar-refractivity contribution in [2.45, 2.75) is 51.4 Å². The highest BCUT2D eigenvalue weighted by Crippen LogP contribution is 2.39. The number of pyridine rings is 1. The first-order valence-corrected chi connectivity index (χ1v) is 7.17. The monoisotopic (exact) mass is 343 g/mol. The Bertz CT molecular complexity index is 546. The maximum atomic E-state index is 10.7. The largest absolute Gasteiger partial charge is 0.367 e. The highest BCUT2D eigenvalue weighted by Gasteiger charge is 2.46. The lowest BCUT2D eigenvalue weighted by molar-refractivity contribution is -0.385. The van der Waals surface area contributed by atoms with Crippen LogP contribution in [0.5, 0.6) is 0 Å². The highest BCUT2D eigenvalue weighted by atomic mass is 79.9. The van der Waals surface area contributed by atoms with E-state index < -0.39 is 4.92 Å². The molecule has 1 atom stereocenters. The second-order valence-electron chi connectivity index (χ2n) is 6.15. The van der Waals surface area contributed by atoms with Crippen molar-refractivity contribution in [3.05, 3.63) is 26.9 Å². The number of hydrogen-bond donors (Lipinski definition) is 1. The summed E-state index contributed by atoms with van der Waals surface area (Å²) in [6.07, 6.45) is 2.09. The van der Waals surface area contributed by atoms with Crippen LogP contribution in [0.4, 0.5) is 11.5 Å². The SMILES string of the molecule is CC1(C)CC(Nc2ncc([N+](=O)[O-])cc2Br)C(C)(C)O1. The molecule has 7 heteroatoms. The van der Waals surface area contributed by atoms with Crippen LogP contribution in [0.2, 0.25) is 0 Å². The molecule has 1 saturated heterocycles.